The SMILES string of the molecule is COc1ccc(OCCc2cc([C@H]3CCN(C(=O)c4scnc4C)C3)n[nH]2)cc1. The number of carbonyl (C=O) groups is 1. The van der Waals surface area contributed by atoms with Gasteiger partial charge in [0.15, 0.2) is 0 Å². The summed E-state index contributed by atoms with van der Waals surface area (Å²) in [5.41, 5.74) is 4.59. The lowest BCUT2D eigenvalue weighted by Gasteiger charge is -2.15. The van der Waals surface area contributed by atoms with Gasteiger partial charge in [-0.15, -0.1) is 11.3 Å². The number of aromatic nitrogens is 3. The average molecular weight is 413 g/mol. The lowest BCUT2D eigenvalue weighted by molar-refractivity contribution is 0.0794. The van der Waals surface area contributed by atoms with Crippen LogP contribution in [0.2, 0.25) is 0 Å². The number of likely N-dealkylation sites (tertiary alicyclic amines) is 1. The van der Waals surface area contributed by atoms with Gasteiger partial charge in [0.25, 0.3) is 5.91 Å². The summed E-state index contributed by atoms with van der Waals surface area (Å²) in [7, 11) is 1.64. The molecule has 0 saturated carbocycles. The highest BCUT2D eigenvalue weighted by Crippen LogP contribution is 2.28. The summed E-state index contributed by atoms with van der Waals surface area (Å²) >= 11 is 1.41. The van der Waals surface area contributed by atoms with Crippen LogP contribution in [0.1, 0.15) is 39.1 Å². The molecule has 8 heteroatoms. The number of carbonyl (C=O) groups excluding carboxylic acids is 1. The zero-order valence-corrected chi connectivity index (χ0v) is 17.4. The minimum Gasteiger partial charge on any atom is -0.497 e. The van der Waals surface area contributed by atoms with Crippen molar-refractivity contribution in [3.63, 3.8) is 0 Å². The van der Waals surface area contributed by atoms with Crippen LogP contribution in [0.3, 0.4) is 0 Å². The van der Waals surface area contributed by atoms with E-state index >= 15 is 0 Å². The first-order chi connectivity index (χ1) is 14.1. The van der Waals surface area contributed by atoms with Crippen LogP contribution in [0.25, 0.3) is 0 Å². The first-order valence-electron chi connectivity index (χ1n) is 9.64. The van der Waals surface area contributed by atoms with Crippen molar-refractivity contribution < 1.29 is 14.3 Å². The molecule has 2 aromatic heterocycles. The number of nitrogens with zero attached hydrogens (tertiary/aromatic N) is 3. The van der Waals surface area contributed by atoms with Gasteiger partial charge in [0, 0.05) is 31.1 Å². The second-order valence-corrected chi connectivity index (χ2v) is 7.95. The summed E-state index contributed by atoms with van der Waals surface area (Å²) < 4.78 is 10.9. The number of hydrogen-bond donors (Lipinski definition) is 1. The Labute approximate surface area is 173 Å². The standard InChI is InChI=1S/C21H24N4O3S/c1-14-20(29-13-22-14)21(26)25-9-7-15(12-25)19-11-16(23-24-19)8-10-28-18-5-3-17(27-2)4-6-18/h3-6,11,13,15H,7-10,12H2,1-2H3,(H,23,24)/t15-/m0/s1. The maximum atomic E-state index is 12.7. The fourth-order valence-corrected chi connectivity index (χ4v) is 4.27. The van der Waals surface area contributed by atoms with Crippen LogP contribution in [0, 0.1) is 6.92 Å². The fraction of sp³-hybridized carbons (Fsp3) is 0.381. The number of aromatic amines is 1. The molecule has 0 bridgehead atoms. The molecule has 1 aromatic carbocycles. The molecule has 1 atom stereocenters. The lowest BCUT2D eigenvalue weighted by Crippen LogP contribution is -2.28. The molecule has 1 aliphatic rings. The highest BCUT2D eigenvalue weighted by Gasteiger charge is 2.30. The minimum atomic E-state index is 0.0798. The first-order valence-corrected chi connectivity index (χ1v) is 10.5. The Morgan fingerprint density at radius 2 is 2.10 bits per heavy atom. The van der Waals surface area contributed by atoms with Crippen molar-refractivity contribution >= 4 is 17.2 Å². The molecule has 0 spiro atoms. The van der Waals surface area contributed by atoms with Gasteiger partial charge < -0.3 is 14.4 Å². The van der Waals surface area contributed by atoms with Gasteiger partial charge in [-0.2, -0.15) is 5.10 Å². The number of ether oxygens (including phenoxy) is 2. The number of H-pyrrole nitrogens is 1. The molecule has 29 heavy (non-hydrogen) atoms. The van der Waals surface area contributed by atoms with Gasteiger partial charge >= 0.3 is 0 Å². The molecule has 4 rings (SSSR count). The summed E-state index contributed by atoms with van der Waals surface area (Å²) in [5.74, 6) is 1.97. The van der Waals surface area contributed by atoms with Crippen molar-refractivity contribution in [2.24, 2.45) is 0 Å². The molecular formula is C21H24N4O3S. The summed E-state index contributed by atoms with van der Waals surface area (Å²) in [6.45, 7) is 3.89. The normalized spacial score (nSPS) is 16.2. The van der Waals surface area contributed by atoms with Crippen LogP contribution in [0.4, 0.5) is 0 Å². The van der Waals surface area contributed by atoms with E-state index in [9.17, 15) is 4.79 Å². The van der Waals surface area contributed by atoms with Crippen molar-refractivity contribution in [1.82, 2.24) is 20.1 Å². The number of hydrogen-bond acceptors (Lipinski definition) is 6. The van der Waals surface area contributed by atoms with Gasteiger partial charge in [-0.25, -0.2) is 4.98 Å². The summed E-state index contributed by atoms with van der Waals surface area (Å²) in [6, 6.07) is 9.64. The molecule has 1 amide bonds. The van der Waals surface area contributed by atoms with Gasteiger partial charge in [0.1, 0.15) is 16.4 Å². The molecule has 3 heterocycles. The quantitative estimate of drug-likeness (QED) is 0.643. The molecule has 0 radical (unpaired) electrons. The molecule has 0 aliphatic carbocycles. The van der Waals surface area contributed by atoms with Crippen LogP contribution in [-0.2, 0) is 6.42 Å². The van der Waals surface area contributed by atoms with Gasteiger partial charge in [-0.3, -0.25) is 9.89 Å². The highest BCUT2D eigenvalue weighted by atomic mass is 32.1. The molecule has 1 fully saturated rings. The number of nitrogens with one attached hydrogen (secondary N) is 1. The molecule has 1 aliphatic heterocycles. The summed E-state index contributed by atoms with van der Waals surface area (Å²) in [6.07, 6.45) is 1.67. The topological polar surface area (TPSA) is 80.3 Å². The van der Waals surface area contributed by atoms with Gasteiger partial charge in [-0.1, -0.05) is 0 Å². The van der Waals surface area contributed by atoms with E-state index in [1.165, 1.54) is 11.3 Å². The molecule has 1 saturated heterocycles. The van der Waals surface area contributed by atoms with Gasteiger partial charge in [-0.05, 0) is 43.7 Å². The predicted octanol–water partition coefficient (Wildman–Crippen LogP) is 3.43. The van der Waals surface area contributed by atoms with Crippen LogP contribution in [0.5, 0.6) is 11.5 Å². The number of amides is 1. The number of benzene rings is 1. The summed E-state index contributed by atoms with van der Waals surface area (Å²) in [5, 5.41) is 7.58. The molecule has 152 valence electrons. The fourth-order valence-electron chi connectivity index (χ4n) is 3.50. The number of methoxy groups -OCH3 is 1. The van der Waals surface area contributed by atoms with E-state index in [0.29, 0.717) is 13.2 Å². The first kappa shape index (κ1) is 19.4. The van der Waals surface area contributed by atoms with Crippen molar-refractivity contribution in [3.8, 4) is 11.5 Å². The molecule has 0 unspecified atom stereocenters. The van der Waals surface area contributed by atoms with E-state index in [2.05, 4.69) is 21.2 Å². The Kier molecular flexibility index (Phi) is 5.80. The third-order valence-electron chi connectivity index (χ3n) is 5.18. The number of thiazole rings is 1. The van der Waals surface area contributed by atoms with Crippen molar-refractivity contribution in [2.45, 2.75) is 25.7 Å². The zero-order chi connectivity index (χ0) is 20.2. The largest absolute Gasteiger partial charge is 0.497 e. The molecular weight excluding hydrogens is 388 g/mol. The average Bonchev–Trinajstić information content (AvgIpc) is 3.48. The molecule has 1 N–H and O–H groups in total. The van der Waals surface area contributed by atoms with E-state index < -0.39 is 0 Å². The Balaban J connectivity index is 1.29. The Bertz CT molecular complexity index is 966. The molecule has 7 nitrogen and oxygen atoms in total. The van der Waals surface area contributed by atoms with E-state index in [0.717, 1.165) is 52.8 Å². The minimum absolute atomic E-state index is 0.0798. The van der Waals surface area contributed by atoms with Crippen molar-refractivity contribution in [3.05, 3.63) is 57.8 Å². The Hall–Kier alpha value is -2.87. The molecule has 3 aromatic rings. The van der Waals surface area contributed by atoms with Crippen LogP contribution >= 0.6 is 11.3 Å². The van der Waals surface area contributed by atoms with Gasteiger partial charge in [0.05, 0.1) is 30.6 Å². The van der Waals surface area contributed by atoms with Crippen LogP contribution in [-0.4, -0.2) is 52.8 Å². The van der Waals surface area contributed by atoms with E-state index in [1.807, 2.05) is 36.1 Å². The Morgan fingerprint density at radius 3 is 2.83 bits per heavy atom. The summed E-state index contributed by atoms with van der Waals surface area (Å²) in [4.78, 5) is 19.5. The van der Waals surface area contributed by atoms with E-state index in [-0.39, 0.29) is 11.8 Å². The second kappa shape index (κ2) is 8.65. The maximum absolute atomic E-state index is 12.7. The van der Waals surface area contributed by atoms with Crippen molar-refractivity contribution in [1.29, 1.82) is 0 Å². The van der Waals surface area contributed by atoms with Crippen molar-refractivity contribution in [2.75, 3.05) is 26.8 Å². The highest BCUT2D eigenvalue weighted by molar-refractivity contribution is 7.11. The van der Waals surface area contributed by atoms with E-state index in [1.54, 1.807) is 12.6 Å². The van der Waals surface area contributed by atoms with Crippen LogP contribution < -0.4 is 9.47 Å². The number of aryl methyl sites for hydroxylation is 1. The maximum Gasteiger partial charge on any atom is 0.265 e. The Morgan fingerprint density at radius 1 is 1.31 bits per heavy atom. The number of rotatable bonds is 7. The smallest absolute Gasteiger partial charge is 0.265 e. The third kappa shape index (κ3) is 4.42. The predicted molar refractivity (Wildman–Crippen MR) is 111 cm³/mol. The van der Waals surface area contributed by atoms with Gasteiger partial charge in [0.2, 0.25) is 0 Å². The second-order valence-electron chi connectivity index (χ2n) is 7.10. The van der Waals surface area contributed by atoms with E-state index in [4.69, 9.17) is 9.47 Å². The van der Waals surface area contributed by atoms with Crippen LogP contribution in [0.15, 0.2) is 35.8 Å². The lowest BCUT2D eigenvalue weighted by atomic mass is 10.0. The monoisotopic (exact) mass is 412 g/mol. The zero-order valence-electron chi connectivity index (χ0n) is 16.6. The third-order valence-corrected chi connectivity index (χ3v) is 6.10.